The minimum Gasteiger partial charge on any atom is -0.374 e. The van der Waals surface area contributed by atoms with Crippen molar-refractivity contribution in [1.29, 1.82) is 0 Å². The van der Waals surface area contributed by atoms with E-state index in [1.54, 1.807) is 0 Å². The minimum atomic E-state index is -0.345. The van der Waals surface area contributed by atoms with E-state index in [2.05, 4.69) is 64.1 Å². The number of fused-ring (bicyclic) bond motifs is 6. The van der Waals surface area contributed by atoms with Gasteiger partial charge < -0.3 is 14.9 Å². The number of aliphatic hydroxyl groups is 1. The third kappa shape index (κ3) is 3.41. The molecule has 0 radical (unpaired) electrons. The lowest BCUT2D eigenvalue weighted by atomic mass is 9.94. The first-order valence-corrected chi connectivity index (χ1v) is 12.0. The monoisotopic (exact) mass is 432 g/mol. The van der Waals surface area contributed by atoms with E-state index in [0.29, 0.717) is 12.5 Å². The molecule has 3 unspecified atom stereocenters. The lowest BCUT2D eigenvalue weighted by Gasteiger charge is -2.35. The number of amides is 1. The van der Waals surface area contributed by atoms with Crippen LogP contribution in [0.2, 0.25) is 0 Å². The summed E-state index contributed by atoms with van der Waals surface area (Å²) in [5, 5.41) is 10.2. The standard InChI is InChI=1S/C26H32N4O2/c1-18-11-20-12-24-22(21-13-25(31)29(24)16-21)14-23(20)30(18)26(32)17-28-9-7-27(8-10-28)15-19-5-3-2-4-6-19/h2-6,12,14,18,21,25,31H,7-11,13,15-17H2,1H3. The molecular formula is C26H32N4O2. The van der Waals surface area contributed by atoms with Crippen LogP contribution in [-0.2, 0) is 17.8 Å². The molecule has 2 bridgehead atoms. The Morgan fingerprint density at radius 1 is 1.03 bits per heavy atom. The van der Waals surface area contributed by atoms with Crippen molar-refractivity contribution in [3.63, 3.8) is 0 Å². The van der Waals surface area contributed by atoms with Gasteiger partial charge in [-0.25, -0.2) is 0 Å². The zero-order valence-corrected chi connectivity index (χ0v) is 18.8. The lowest BCUT2D eigenvalue weighted by molar-refractivity contribution is -0.120. The summed E-state index contributed by atoms with van der Waals surface area (Å²) in [6, 6.07) is 15.3. The van der Waals surface area contributed by atoms with Crippen molar-refractivity contribution in [1.82, 2.24) is 9.80 Å². The number of piperazine rings is 1. The maximum absolute atomic E-state index is 13.4. The molecular weight excluding hydrogens is 400 g/mol. The van der Waals surface area contributed by atoms with Gasteiger partial charge in [0.05, 0.1) is 6.54 Å². The second-order valence-corrected chi connectivity index (χ2v) is 9.96. The fourth-order valence-electron chi connectivity index (χ4n) is 6.14. The minimum absolute atomic E-state index is 0.192. The van der Waals surface area contributed by atoms with Gasteiger partial charge in [-0.15, -0.1) is 0 Å². The smallest absolute Gasteiger partial charge is 0.241 e. The fourth-order valence-corrected chi connectivity index (χ4v) is 6.14. The van der Waals surface area contributed by atoms with E-state index in [1.807, 2.05) is 4.90 Å². The SMILES string of the molecule is CC1Cc2cc3c(cc2N1C(=O)CN1CCN(Cc2ccccc2)CC1)C1CC(O)N3C1. The second kappa shape index (κ2) is 7.87. The molecule has 4 aliphatic heterocycles. The number of rotatable bonds is 4. The van der Waals surface area contributed by atoms with E-state index in [0.717, 1.165) is 57.8 Å². The van der Waals surface area contributed by atoms with Gasteiger partial charge in [0.15, 0.2) is 0 Å². The van der Waals surface area contributed by atoms with E-state index in [-0.39, 0.29) is 18.2 Å². The summed E-state index contributed by atoms with van der Waals surface area (Å²) in [5.41, 5.74) is 6.20. The highest BCUT2D eigenvalue weighted by Gasteiger charge is 2.43. The van der Waals surface area contributed by atoms with Crippen LogP contribution in [0.15, 0.2) is 42.5 Å². The summed E-state index contributed by atoms with van der Waals surface area (Å²) in [6.45, 7) is 8.43. The Morgan fingerprint density at radius 3 is 2.56 bits per heavy atom. The maximum atomic E-state index is 13.4. The van der Waals surface area contributed by atoms with Crippen molar-refractivity contribution >= 4 is 17.3 Å². The van der Waals surface area contributed by atoms with Gasteiger partial charge in [-0.1, -0.05) is 30.3 Å². The Kier molecular flexibility index (Phi) is 4.97. The Bertz CT molecular complexity index is 1020. The first-order valence-electron chi connectivity index (χ1n) is 12.0. The van der Waals surface area contributed by atoms with Crippen LogP contribution in [0, 0.1) is 0 Å². The zero-order valence-electron chi connectivity index (χ0n) is 18.8. The molecule has 0 saturated carbocycles. The number of anilines is 2. The van der Waals surface area contributed by atoms with Crippen molar-refractivity contribution in [3.05, 3.63) is 59.2 Å². The van der Waals surface area contributed by atoms with E-state index in [4.69, 9.17) is 0 Å². The van der Waals surface area contributed by atoms with Crippen molar-refractivity contribution in [2.45, 2.75) is 44.5 Å². The van der Waals surface area contributed by atoms with Crippen molar-refractivity contribution in [2.24, 2.45) is 0 Å². The van der Waals surface area contributed by atoms with E-state index < -0.39 is 0 Å². The van der Waals surface area contributed by atoms with Gasteiger partial charge in [0.1, 0.15) is 6.23 Å². The summed E-state index contributed by atoms with van der Waals surface area (Å²) in [4.78, 5) is 22.4. The molecule has 168 valence electrons. The van der Waals surface area contributed by atoms with Gasteiger partial charge in [-0.2, -0.15) is 0 Å². The number of aliphatic hydroxyl groups excluding tert-OH is 1. The normalized spacial score (nSPS) is 27.1. The van der Waals surface area contributed by atoms with Gasteiger partial charge in [-0.3, -0.25) is 14.6 Å². The zero-order chi connectivity index (χ0) is 21.8. The predicted octanol–water partition coefficient (Wildman–Crippen LogP) is 2.41. The Hall–Kier alpha value is -2.41. The van der Waals surface area contributed by atoms with Gasteiger partial charge in [-0.05, 0) is 42.2 Å². The topological polar surface area (TPSA) is 50.3 Å². The van der Waals surface area contributed by atoms with Crippen LogP contribution in [-0.4, -0.2) is 72.4 Å². The third-order valence-corrected chi connectivity index (χ3v) is 7.81. The summed E-state index contributed by atoms with van der Waals surface area (Å²) in [7, 11) is 0. The summed E-state index contributed by atoms with van der Waals surface area (Å²) in [6.07, 6.45) is 1.36. The second-order valence-electron chi connectivity index (χ2n) is 9.96. The predicted molar refractivity (Wildman–Crippen MR) is 126 cm³/mol. The fraction of sp³-hybridized carbons (Fsp3) is 0.500. The molecule has 6 heteroatoms. The number of nitrogens with zero attached hydrogens (tertiary/aromatic N) is 4. The van der Waals surface area contributed by atoms with Crippen molar-refractivity contribution in [3.8, 4) is 0 Å². The molecule has 2 saturated heterocycles. The molecule has 32 heavy (non-hydrogen) atoms. The number of hydrogen-bond acceptors (Lipinski definition) is 5. The van der Waals surface area contributed by atoms with Crippen molar-refractivity contribution in [2.75, 3.05) is 49.1 Å². The molecule has 2 aromatic carbocycles. The molecule has 4 aliphatic rings. The highest BCUT2D eigenvalue weighted by molar-refractivity contribution is 5.98. The number of carbonyl (C=O) groups is 1. The molecule has 1 N–H and O–H groups in total. The van der Waals surface area contributed by atoms with Crippen molar-refractivity contribution < 1.29 is 9.90 Å². The van der Waals surface area contributed by atoms with Crippen LogP contribution < -0.4 is 9.80 Å². The van der Waals surface area contributed by atoms with E-state index in [1.165, 1.54) is 22.4 Å². The summed E-state index contributed by atoms with van der Waals surface area (Å²) >= 11 is 0. The molecule has 6 nitrogen and oxygen atoms in total. The van der Waals surface area contributed by atoms with Crippen LogP contribution >= 0.6 is 0 Å². The van der Waals surface area contributed by atoms with Crippen LogP contribution in [0.1, 0.15) is 36.0 Å². The van der Waals surface area contributed by atoms with Crippen LogP contribution in [0.3, 0.4) is 0 Å². The Balaban J connectivity index is 1.11. The largest absolute Gasteiger partial charge is 0.374 e. The molecule has 0 spiro atoms. The van der Waals surface area contributed by atoms with Gasteiger partial charge in [0.2, 0.25) is 5.91 Å². The van der Waals surface area contributed by atoms with Gasteiger partial charge in [0.25, 0.3) is 0 Å². The van der Waals surface area contributed by atoms with Crippen LogP contribution in [0.4, 0.5) is 11.4 Å². The number of hydrogen-bond donors (Lipinski definition) is 1. The molecule has 0 aliphatic carbocycles. The molecule has 0 aromatic heterocycles. The van der Waals surface area contributed by atoms with Gasteiger partial charge in [0, 0.05) is 69.0 Å². The van der Waals surface area contributed by atoms with Crippen LogP contribution in [0.5, 0.6) is 0 Å². The average molecular weight is 433 g/mol. The molecule has 2 fully saturated rings. The van der Waals surface area contributed by atoms with Crippen LogP contribution in [0.25, 0.3) is 0 Å². The molecule has 6 rings (SSSR count). The molecule has 2 aromatic rings. The maximum Gasteiger partial charge on any atom is 0.241 e. The average Bonchev–Trinajstić information content (AvgIpc) is 3.44. The first-order chi connectivity index (χ1) is 15.6. The number of benzene rings is 2. The summed E-state index contributed by atoms with van der Waals surface area (Å²) < 4.78 is 0. The molecule has 4 heterocycles. The Labute approximate surface area is 190 Å². The third-order valence-electron chi connectivity index (χ3n) is 7.81. The van der Waals surface area contributed by atoms with E-state index >= 15 is 0 Å². The van der Waals surface area contributed by atoms with E-state index in [9.17, 15) is 9.90 Å². The first kappa shape index (κ1) is 20.2. The quantitative estimate of drug-likeness (QED) is 0.804. The Morgan fingerprint density at radius 2 is 1.78 bits per heavy atom. The summed E-state index contributed by atoms with van der Waals surface area (Å²) in [5.74, 6) is 0.618. The number of carbonyl (C=O) groups excluding carboxylic acids is 1. The van der Waals surface area contributed by atoms with Gasteiger partial charge >= 0.3 is 0 Å². The molecule has 1 amide bonds. The highest BCUT2D eigenvalue weighted by atomic mass is 16.3. The lowest BCUT2D eigenvalue weighted by Crippen LogP contribution is -2.50. The highest BCUT2D eigenvalue weighted by Crippen LogP contribution is 2.49. The molecule has 3 atom stereocenters.